The number of aryl methyl sites for hydroxylation is 1. The van der Waals surface area contributed by atoms with Crippen LogP contribution in [0.2, 0.25) is 0 Å². The van der Waals surface area contributed by atoms with Gasteiger partial charge >= 0.3 is 5.97 Å². The van der Waals surface area contributed by atoms with Gasteiger partial charge in [0.25, 0.3) is 0 Å². The average Bonchev–Trinajstić information content (AvgIpc) is 2.80. The molecule has 2 rings (SSSR count). The Hall–Kier alpha value is -1.88. The summed E-state index contributed by atoms with van der Waals surface area (Å²) in [4.78, 5) is 10.7. The van der Waals surface area contributed by atoms with Crippen LogP contribution in [0.4, 0.5) is 0 Å². The molecule has 1 N–H and O–H groups in total. The topological polar surface area (TPSA) is 67.5 Å². The molecule has 0 aliphatic rings. The van der Waals surface area contributed by atoms with Crippen LogP contribution >= 0.6 is 0 Å². The highest BCUT2D eigenvalue weighted by Gasteiger charge is 2.11. The SMILES string of the molecule is Cc1ccc(CS(=O)Cc2ccc(C(=O)O)o2)cc1. The number of benzene rings is 1. The molecule has 1 atom stereocenters. The number of rotatable bonds is 5. The third kappa shape index (κ3) is 3.79. The zero-order valence-corrected chi connectivity index (χ0v) is 11.3. The van der Waals surface area contributed by atoms with E-state index in [1.807, 2.05) is 31.2 Å². The second-order valence-electron chi connectivity index (χ2n) is 4.29. The molecule has 0 amide bonds. The van der Waals surface area contributed by atoms with Crippen LogP contribution in [-0.4, -0.2) is 15.3 Å². The molecule has 0 spiro atoms. The summed E-state index contributed by atoms with van der Waals surface area (Å²) >= 11 is 0. The number of furan rings is 1. The van der Waals surface area contributed by atoms with E-state index in [1.165, 1.54) is 6.07 Å². The fraction of sp³-hybridized carbons (Fsp3) is 0.214. The van der Waals surface area contributed by atoms with Gasteiger partial charge < -0.3 is 9.52 Å². The third-order valence-electron chi connectivity index (χ3n) is 2.62. The fourth-order valence-electron chi connectivity index (χ4n) is 1.65. The van der Waals surface area contributed by atoms with Crippen molar-refractivity contribution in [2.75, 3.05) is 0 Å². The minimum Gasteiger partial charge on any atom is -0.475 e. The Morgan fingerprint density at radius 3 is 2.42 bits per heavy atom. The van der Waals surface area contributed by atoms with E-state index in [0.29, 0.717) is 11.5 Å². The number of carboxylic acids is 1. The van der Waals surface area contributed by atoms with Crippen molar-refractivity contribution in [2.24, 2.45) is 0 Å². The lowest BCUT2D eigenvalue weighted by Gasteiger charge is -2.01. The van der Waals surface area contributed by atoms with Gasteiger partial charge in [0.05, 0.1) is 5.75 Å². The van der Waals surface area contributed by atoms with Gasteiger partial charge in [0.2, 0.25) is 5.76 Å². The molecule has 5 heteroatoms. The van der Waals surface area contributed by atoms with Crippen molar-refractivity contribution in [1.29, 1.82) is 0 Å². The van der Waals surface area contributed by atoms with Gasteiger partial charge in [-0.15, -0.1) is 0 Å². The second-order valence-corrected chi connectivity index (χ2v) is 5.74. The van der Waals surface area contributed by atoms with Gasteiger partial charge in [-0.3, -0.25) is 4.21 Å². The quantitative estimate of drug-likeness (QED) is 0.913. The molecule has 0 radical (unpaired) electrons. The number of hydrogen-bond donors (Lipinski definition) is 1. The Balaban J connectivity index is 1.97. The average molecular weight is 278 g/mol. The monoisotopic (exact) mass is 278 g/mol. The van der Waals surface area contributed by atoms with Crippen molar-refractivity contribution in [3.63, 3.8) is 0 Å². The zero-order valence-electron chi connectivity index (χ0n) is 10.5. The van der Waals surface area contributed by atoms with E-state index < -0.39 is 16.8 Å². The first-order valence-electron chi connectivity index (χ1n) is 5.77. The van der Waals surface area contributed by atoms with E-state index in [-0.39, 0.29) is 11.5 Å². The number of carboxylic acid groups (broad SMARTS) is 1. The molecule has 0 fully saturated rings. The van der Waals surface area contributed by atoms with Gasteiger partial charge in [-0.1, -0.05) is 29.8 Å². The van der Waals surface area contributed by atoms with Gasteiger partial charge in [-0.25, -0.2) is 4.79 Å². The van der Waals surface area contributed by atoms with E-state index in [1.54, 1.807) is 6.07 Å². The van der Waals surface area contributed by atoms with Crippen LogP contribution in [-0.2, 0) is 22.3 Å². The molecular weight excluding hydrogens is 264 g/mol. The highest BCUT2D eigenvalue weighted by molar-refractivity contribution is 7.83. The highest BCUT2D eigenvalue weighted by atomic mass is 32.2. The van der Waals surface area contributed by atoms with Crippen LogP contribution in [0.5, 0.6) is 0 Å². The molecule has 1 heterocycles. The first kappa shape index (κ1) is 13.5. The summed E-state index contributed by atoms with van der Waals surface area (Å²) in [6, 6.07) is 10.8. The Morgan fingerprint density at radius 2 is 1.84 bits per heavy atom. The smallest absolute Gasteiger partial charge is 0.371 e. The van der Waals surface area contributed by atoms with E-state index in [4.69, 9.17) is 9.52 Å². The molecule has 1 aromatic heterocycles. The van der Waals surface area contributed by atoms with Crippen molar-refractivity contribution in [2.45, 2.75) is 18.4 Å². The van der Waals surface area contributed by atoms with Crippen molar-refractivity contribution >= 4 is 16.8 Å². The van der Waals surface area contributed by atoms with Gasteiger partial charge in [-0.2, -0.15) is 0 Å². The summed E-state index contributed by atoms with van der Waals surface area (Å²) in [6.07, 6.45) is 0. The number of aromatic carboxylic acids is 1. The third-order valence-corrected chi connectivity index (χ3v) is 3.89. The van der Waals surface area contributed by atoms with E-state index in [0.717, 1.165) is 11.1 Å². The molecule has 0 saturated heterocycles. The molecule has 19 heavy (non-hydrogen) atoms. The van der Waals surface area contributed by atoms with Crippen molar-refractivity contribution in [3.8, 4) is 0 Å². The summed E-state index contributed by atoms with van der Waals surface area (Å²) in [5.41, 5.74) is 2.15. The lowest BCUT2D eigenvalue weighted by molar-refractivity contribution is 0.0661. The first-order chi connectivity index (χ1) is 9.04. The van der Waals surface area contributed by atoms with Crippen molar-refractivity contribution < 1.29 is 18.5 Å². The standard InChI is InChI=1S/C14H14O4S/c1-10-2-4-11(5-3-10)8-19(17)9-12-6-7-13(18-12)14(15)16/h2-7H,8-9H2,1H3,(H,15,16). The predicted molar refractivity (Wildman–Crippen MR) is 72.4 cm³/mol. The molecule has 0 bridgehead atoms. The fourth-order valence-corrected chi connectivity index (χ4v) is 2.79. The van der Waals surface area contributed by atoms with Crippen LogP contribution in [0, 0.1) is 6.92 Å². The molecule has 0 aliphatic heterocycles. The van der Waals surface area contributed by atoms with Crippen LogP contribution in [0.15, 0.2) is 40.8 Å². The molecule has 1 aromatic carbocycles. The lowest BCUT2D eigenvalue weighted by atomic mass is 10.2. The Labute approximate surface area is 113 Å². The molecule has 0 saturated carbocycles. The number of carbonyl (C=O) groups is 1. The molecule has 100 valence electrons. The van der Waals surface area contributed by atoms with Crippen molar-refractivity contribution in [3.05, 3.63) is 59.0 Å². The summed E-state index contributed by atoms with van der Waals surface area (Å²) in [7, 11) is -1.12. The summed E-state index contributed by atoms with van der Waals surface area (Å²) in [5.74, 6) is -0.148. The molecule has 1 unspecified atom stereocenters. The maximum Gasteiger partial charge on any atom is 0.371 e. The van der Waals surface area contributed by atoms with Gasteiger partial charge in [0, 0.05) is 16.6 Å². The van der Waals surface area contributed by atoms with Crippen LogP contribution in [0.3, 0.4) is 0 Å². The van der Waals surface area contributed by atoms with Crippen LogP contribution < -0.4 is 0 Å². The molecule has 2 aromatic rings. The Kier molecular flexibility index (Phi) is 4.16. The summed E-state index contributed by atoms with van der Waals surface area (Å²) in [6.45, 7) is 2.00. The maximum absolute atomic E-state index is 11.9. The summed E-state index contributed by atoms with van der Waals surface area (Å²) < 4.78 is 17.0. The second kappa shape index (κ2) is 5.84. The van der Waals surface area contributed by atoms with E-state index >= 15 is 0 Å². The highest BCUT2D eigenvalue weighted by Crippen LogP contribution is 2.13. The molecule has 0 aliphatic carbocycles. The first-order valence-corrected chi connectivity index (χ1v) is 7.26. The zero-order chi connectivity index (χ0) is 13.8. The normalized spacial score (nSPS) is 12.3. The Morgan fingerprint density at radius 1 is 1.16 bits per heavy atom. The largest absolute Gasteiger partial charge is 0.475 e. The van der Waals surface area contributed by atoms with E-state index in [9.17, 15) is 9.00 Å². The Bertz CT molecular complexity index is 598. The van der Waals surface area contributed by atoms with E-state index in [2.05, 4.69) is 0 Å². The van der Waals surface area contributed by atoms with Gasteiger partial charge in [0.1, 0.15) is 5.76 Å². The van der Waals surface area contributed by atoms with Crippen LogP contribution in [0.1, 0.15) is 27.4 Å². The predicted octanol–water partition coefficient (Wildman–Crippen LogP) is 2.74. The minimum absolute atomic E-state index is 0.123. The van der Waals surface area contributed by atoms with Crippen LogP contribution in [0.25, 0.3) is 0 Å². The van der Waals surface area contributed by atoms with Crippen molar-refractivity contribution in [1.82, 2.24) is 0 Å². The van der Waals surface area contributed by atoms with Gasteiger partial charge in [0.15, 0.2) is 0 Å². The number of hydrogen-bond acceptors (Lipinski definition) is 3. The minimum atomic E-state index is -1.12. The molecule has 4 nitrogen and oxygen atoms in total. The maximum atomic E-state index is 11.9. The van der Waals surface area contributed by atoms with Gasteiger partial charge in [-0.05, 0) is 24.6 Å². The lowest BCUT2D eigenvalue weighted by Crippen LogP contribution is -1.99. The molecular formula is C14H14O4S. The summed E-state index contributed by atoms with van der Waals surface area (Å²) in [5, 5.41) is 8.72.